The van der Waals surface area contributed by atoms with Crippen LogP contribution in [-0.4, -0.2) is 22.5 Å². The summed E-state index contributed by atoms with van der Waals surface area (Å²) in [6, 6.07) is 25.5. The first kappa shape index (κ1) is 24.5. The number of aromatic nitrogens is 2. The highest BCUT2D eigenvalue weighted by Crippen LogP contribution is 2.49. The molecule has 2 N–H and O–H groups in total. The largest absolute Gasteiger partial charge is 0.456 e. The van der Waals surface area contributed by atoms with Crippen LogP contribution in [0.3, 0.4) is 0 Å². The first-order valence-corrected chi connectivity index (χ1v) is 12.8. The number of carbonyl (C=O) groups excluding carboxylic acids is 2. The number of nitrogens with one attached hydrogen (secondary N) is 2. The number of H-pyrrole nitrogens is 1. The van der Waals surface area contributed by atoms with Crippen LogP contribution in [0.25, 0.3) is 33.7 Å². The molecule has 1 fully saturated rings. The lowest BCUT2D eigenvalue weighted by molar-refractivity contribution is -0.136. The second kappa shape index (κ2) is 9.79. The molecule has 8 heteroatoms. The van der Waals surface area contributed by atoms with Crippen LogP contribution in [-0.2, 0) is 19.9 Å². The van der Waals surface area contributed by atoms with Gasteiger partial charge < -0.3 is 18.9 Å². The summed E-state index contributed by atoms with van der Waals surface area (Å²) in [5.74, 6) is 1.16. The zero-order chi connectivity index (χ0) is 27.0. The summed E-state index contributed by atoms with van der Waals surface area (Å²) >= 11 is 0. The zero-order valence-electron chi connectivity index (χ0n) is 21.6. The third-order valence-corrected chi connectivity index (χ3v) is 7.11. The number of anilines is 1. The van der Waals surface area contributed by atoms with E-state index in [0.717, 1.165) is 40.7 Å². The minimum atomic E-state index is -0.591. The van der Waals surface area contributed by atoms with Crippen molar-refractivity contribution in [2.24, 2.45) is 0 Å². The molecule has 1 aliphatic carbocycles. The number of benzene rings is 3. The van der Waals surface area contributed by atoms with Gasteiger partial charge in [0.05, 0.1) is 0 Å². The number of ether oxygens (including phenoxy) is 2. The van der Waals surface area contributed by atoms with E-state index in [4.69, 9.17) is 13.9 Å². The molecule has 0 spiro atoms. The number of carbonyl (C=O) groups is 2. The van der Waals surface area contributed by atoms with Gasteiger partial charge in [-0.25, -0.2) is 4.79 Å². The number of amides is 1. The molecule has 1 amide bonds. The van der Waals surface area contributed by atoms with E-state index in [-0.39, 0.29) is 0 Å². The van der Waals surface area contributed by atoms with E-state index in [9.17, 15) is 9.59 Å². The van der Waals surface area contributed by atoms with Crippen molar-refractivity contribution in [1.82, 2.24) is 9.97 Å². The van der Waals surface area contributed by atoms with E-state index in [1.807, 2.05) is 92.7 Å². The molecule has 0 radical (unpaired) electrons. The van der Waals surface area contributed by atoms with Crippen LogP contribution >= 0.6 is 0 Å². The lowest BCUT2D eigenvalue weighted by Gasteiger charge is -2.14. The van der Waals surface area contributed by atoms with Gasteiger partial charge in [-0.15, -0.1) is 0 Å². The van der Waals surface area contributed by atoms with E-state index in [0.29, 0.717) is 35.0 Å². The van der Waals surface area contributed by atoms with Crippen molar-refractivity contribution in [3.05, 3.63) is 95.8 Å². The Morgan fingerprint density at radius 3 is 2.28 bits per heavy atom. The van der Waals surface area contributed by atoms with E-state index in [1.165, 1.54) is 0 Å². The van der Waals surface area contributed by atoms with Crippen molar-refractivity contribution in [2.45, 2.75) is 38.4 Å². The minimum absolute atomic E-state index is 0.403. The number of hydrogen-bond donors (Lipinski definition) is 2. The van der Waals surface area contributed by atoms with Crippen LogP contribution in [0.5, 0.6) is 0 Å². The molecule has 2 heterocycles. The highest BCUT2D eigenvalue weighted by atomic mass is 16.6. The van der Waals surface area contributed by atoms with Crippen molar-refractivity contribution in [3.8, 4) is 22.5 Å². The molecule has 0 aliphatic heterocycles. The second-order valence-corrected chi connectivity index (χ2v) is 9.75. The van der Waals surface area contributed by atoms with Crippen LogP contribution in [0, 0.1) is 6.92 Å². The molecule has 5 aromatic rings. The maximum Gasteiger partial charge on any atom is 0.412 e. The molecule has 1 aliphatic rings. The average Bonchev–Trinajstić information content (AvgIpc) is 3.55. The number of hydrogen-bond acceptors (Lipinski definition) is 6. The average molecular weight is 522 g/mol. The first-order chi connectivity index (χ1) is 19.0. The Balaban J connectivity index is 1.24. The fraction of sp³-hybridized carbons (Fsp3) is 0.194. The predicted molar refractivity (Wildman–Crippen MR) is 147 cm³/mol. The summed E-state index contributed by atoms with van der Waals surface area (Å²) in [4.78, 5) is 31.3. The fourth-order valence-corrected chi connectivity index (χ4v) is 4.84. The van der Waals surface area contributed by atoms with Gasteiger partial charge in [-0.3, -0.25) is 10.1 Å². The van der Waals surface area contributed by atoms with E-state index in [2.05, 4.69) is 15.3 Å². The van der Waals surface area contributed by atoms with Crippen LogP contribution in [0.1, 0.15) is 42.8 Å². The van der Waals surface area contributed by atoms with E-state index < -0.39 is 17.8 Å². The van der Waals surface area contributed by atoms with E-state index >= 15 is 0 Å². The molecule has 8 nitrogen and oxygen atoms in total. The van der Waals surface area contributed by atoms with Crippen LogP contribution in [0.2, 0.25) is 0 Å². The molecule has 0 saturated heterocycles. The molecule has 1 saturated carbocycles. The molecule has 6 rings (SSSR count). The number of furan rings is 1. The maximum atomic E-state index is 12.9. The first-order valence-electron chi connectivity index (χ1n) is 12.8. The molecule has 1 unspecified atom stereocenters. The number of nitrogens with zero attached hydrogens (tertiary/aromatic N) is 1. The minimum Gasteiger partial charge on any atom is -0.456 e. The topological polar surface area (TPSA) is 106 Å². The standard InChI is InChI=1S/C31H27N3O5/c1-19(21-6-4-3-5-7-21)38-30(36)34-26-27-29(33-20(2)32-27)39-28(26)24-10-8-22(9-11-24)23-12-14-25(15-13-23)31(16-17-31)37-18-35/h3-15,18-19H,16-17H2,1-2H3,(H,32,33)(H,34,36). The number of rotatable bonds is 8. The summed E-state index contributed by atoms with van der Waals surface area (Å²) in [5, 5.41) is 2.87. The van der Waals surface area contributed by atoms with Gasteiger partial charge >= 0.3 is 6.09 Å². The van der Waals surface area contributed by atoms with Gasteiger partial charge in [0.1, 0.15) is 28.7 Å². The van der Waals surface area contributed by atoms with Crippen molar-refractivity contribution in [1.29, 1.82) is 0 Å². The van der Waals surface area contributed by atoms with Gasteiger partial charge in [0.15, 0.2) is 5.76 Å². The van der Waals surface area contributed by atoms with Gasteiger partial charge in [-0.2, -0.15) is 4.98 Å². The van der Waals surface area contributed by atoms with Crippen molar-refractivity contribution < 1.29 is 23.5 Å². The highest BCUT2D eigenvalue weighted by molar-refractivity contribution is 6.02. The molecule has 3 aromatic carbocycles. The predicted octanol–water partition coefficient (Wildman–Crippen LogP) is 7.27. The van der Waals surface area contributed by atoms with Gasteiger partial charge in [0.2, 0.25) is 5.71 Å². The third kappa shape index (κ3) is 4.77. The number of imidazole rings is 1. The summed E-state index contributed by atoms with van der Waals surface area (Å²) in [6.07, 6.45) is 0.679. The van der Waals surface area contributed by atoms with Gasteiger partial charge in [0.25, 0.3) is 6.47 Å². The summed E-state index contributed by atoms with van der Waals surface area (Å²) < 4.78 is 17.0. The number of aromatic amines is 1. The van der Waals surface area contributed by atoms with Crippen molar-refractivity contribution in [2.75, 3.05) is 5.32 Å². The maximum absolute atomic E-state index is 12.9. The molecular weight excluding hydrogens is 494 g/mol. The second-order valence-electron chi connectivity index (χ2n) is 9.75. The number of fused-ring (bicyclic) bond motifs is 1. The van der Waals surface area contributed by atoms with Gasteiger partial charge in [-0.1, -0.05) is 78.9 Å². The smallest absolute Gasteiger partial charge is 0.412 e. The van der Waals surface area contributed by atoms with Crippen LogP contribution in [0.4, 0.5) is 10.5 Å². The fourth-order valence-electron chi connectivity index (χ4n) is 4.84. The highest BCUT2D eigenvalue weighted by Gasteiger charge is 2.46. The lowest BCUT2D eigenvalue weighted by atomic mass is 9.99. The molecule has 39 heavy (non-hydrogen) atoms. The zero-order valence-corrected chi connectivity index (χ0v) is 21.6. The molecule has 0 bridgehead atoms. The summed E-state index contributed by atoms with van der Waals surface area (Å²) in [6.45, 7) is 4.18. The van der Waals surface area contributed by atoms with Crippen molar-refractivity contribution >= 4 is 29.5 Å². The van der Waals surface area contributed by atoms with Gasteiger partial charge in [-0.05, 0) is 48.9 Å². The Labute approximate surface area is 225 Å². The Bertz CT molecular complexity index is 1630. The van der Waals surface area contributed by atoms with E-state index in [1.54, 1.807) is 0 Å². The monoisotopic (exact) mass is 521 g/mol. The number of aryl methyl sites for hydroxylation is 1. The summed E-state index contributed by atoms with van der Waals surface area (Å²) in [7, 11) is 0. The molecule has 1 atom stereocenters. The third-order valence-electron chi connectivity index (χ3n) is 7.11. The Hall–Kier alpha value is -4.85. The quantitative estimate of drug-likeness (QED) is 0.208. The van der Waals surface area contributed by atoms with Gasteiger partial charge in [0, 0.05) is 5.56 Å². The Kier molecular flexibility index (Phi) is 6.15. The SMILES string of the molecule is Cc1nc2oc(-c3ccc(-c4ccc(C5(OC=O)CC5)cc4)cc3)c(NC(=O)OC(C)c3ccccc3)c2[nH]1. The Morgan fingerprint density at radius 2 is 1.64 bits per heavy atom. The van der Waals surface area contributed by atoms with Crippen LogP contribution in [0.15, 0.2) is 83.3 Å². The molecule has 2 aromatic heterocycles. The van der Waals surface area contributed by atoms with Crippen LogP contribution < -0.4 is 5.32 Å². The van der Waals surface area contributed by atoms with Crippen molar-refractivity contribution in [3.63, 3.8) is 0 Å². The molecular formula is C31H27N3O5. The molecule has 196 valence electrons. The Morgan fingerprint density at radius 1 is 1.00 bits per heavy atom. The normalized spacial score (nSPS) is 14.5. The summed E-state index contributed by atoms with van der Waals surface area (Å²) in [5.41, 5.74) is 5.75. The lowest BCUT2D eigenvalue weighted by Crippen LogP contribution is -2.16.